The van der Waals surface area contributed by atoms with Gasteiger partial charge in [0.25, 0.3) is 5.69 Å². The molecule has 0 bridgehead atoms. The molecule has 2 atom stereocenters. The second-order valence-electron chi connectivity index (χ2n) is 5.28. The predicted octanol–water partition coefficient (Wildman–Crippen LogP) is 1.89. The first kappa shape index (κ1) is 14.3. The van der Waals surface area contributed by atoms with Crippen molar-refractivity contribution in [3.8, 4) is 6.07 Å². The molecule has 6 nitrogen and oxygen atoms in total. The van der Waals surface area contributed by atoms with Crippen molar-refractivity contribution < 1.29 is 4.92 Å². The van der Waals surface area contributed by atoms with E-state index in [0.717, 1.165) is 25.2 Å². The van der Waals surface area contributed by atoms with Gasteiger partial charge in [-0.1, -0.05) is 6.92 Å². The van der Waals surface area contributed by atoms with Crippen molar-refractivity contribution in [2.45, 2.75) is 13.3 Å². The molecule has 20 heavy (non-hydrogen) atoms. The molecular weight excluding hydrogens is 256 g/mol. The van der Waals surface area contributed by atoms with Gasteiger partial charge in [0.05, 0.1) is 4.92 Å². The van der Waals surface area contributed by atoms with Gasteiger partial charge in [-0.15, -0.1) is 0 Å². The highest BCUT2D eigenvalue weighted by molar-refractivity contribution is 5.60. The fourth-order valence-corrected chi connectivity index (χ4v) is 2.66. The molecule has 0 radical (unpaired) electrons. The quantitative estimate of drug-likeness (QED) is 0.670. The minimum absolute atomic E-state index is 0.107. The fourth-order valence-electron chi connectivity index (χ4n) is 2.66. The van der Waals surface area contributed by atoms with Crippen molar-refractivity contribution >= 4 is 11.4 Å². The van der Waals surface area contributed by atoms with Crippen molar-refractivity contribution in [2.75, 3.05) is 24.5 Å². The predicted molar refractivity (Wildman–Crippen MR) is 76.3 cm³/mol. The van der Waals surface area contributed by atoms with Gasteiger partial charge in [-0.2, -0.15) is 5.26 Å². The molecule has 6 heteroatoms. The topological polar surface area (TPSA) is 96.2 Å². The number of rotatable bonds is 3. The molecule has 0 spiro atoms. The number of piperidine rings is 1. The number of hydrogen-bond acceptors (Lipinski definition) is 5. The van der Waals surface area contributed by atoms with E-state index in [9.17, 15) is 10.1 Å². The molecule has 1 aromatic carbocycles. The maximum atomic E-state index is 10.8. The molecule has 1 fully saturated rings. The zero-order valence-electron chi connectivity index (χ0n) is 11.5. The van der Waals surface area contributed by atoms with E-state index < -0.39 is 4.92 Å². The summed E-state index contributed by atoms with van der Waals surface area (Å²) in [7, 11) is 0. The van der Waals surface area contributed by atoms with Crippen LogP contribution in [0.2, 0.25) is 0 Å². The van der Waals surface area contributed by atoms with E-state index in [2.05, 4.69) is 11.8 Å². The zero-order valence-corrected chi connectivity index (χ0v) is 11.5. The van der Waals surface area contributed by atoms with Crippen LogP contribution in [0.3, 0.4) is 0 Å². The summed E-state index contributed by atoms with van der Waals surface area (Å²) in [5, 5.41) is 19.9. The van der Waals surface area contributed by atoms with Crippen molar-refractivity contribution in [3.05, 3.63) is 33.9 Å². The first-order chi connectivity index (χ1) is 9.56. The second kappa shape index (κ2) is 5.88. The van der Waals surface area contributed by atoms with E-state index in [1.54, 1.807) is 12.1 Å². The van der Waals surface area contributed by atoms with Crippen LogP contribution >= 0.6 is 0 Å². The van der Waals surface area contributed by atoms with Crippen LogP contribution in [-0.2, 0) is 0 Å². The molecule has 0 amide bonds. The van der Waals surface area contributed by atoms with E-state index in [4.69, 9.17) is 11.0 Å². The first-order valence-corrected chi connectivity index (χ1v) is 6.70. The molecule has 0 aliphatic carbocycles. The number of nitrogens with two attached hydrogens (primary N) is 1. The molecule has 1 aliphatic heterocycles. The molecule has 1 aromatic rings. The normalized spacial score (nSPS) is 22.4. The Morgan fingerprint density at radius 1 is 1.60 bits per heavy atom. The molecule has 2 N–H and O–H groups in total. The third-order valence-electron chi connectivity index (χ3n) is 4.08. The SMILES string of the molecule is CC1CCN(c2ccc([N+](=O)[O-])c(C#N)c2)CC1CN. The zero-order chi connectivity index (χ0) is 14.7. The number of nitriles is 1. The van der Waals surface area contributed by atoms with Crippen LogP contribution in [-0.4, -0.2) is 24.6 Å². The average molecular weight is 274 g/mol. The standard InChI is InChI=1S/C14H18N4O2/c1-10-4-5-17(9-12(10)8-16)13-2-3-14(18(19)20)11(6-13)7-15/h2-3,6,10,12H,4-5,8-9,16H2,1H3. The van der Waals surface area contributed by atoms with Gasteiger partial charge in [-0.3, -0.25) is 10.1 Å². The average Bonchev–Trinajstić information content (AvgIpc) is 2.46. The molecular formula is C14H18N4O2. The summed E-state index contributed by atoms with van der Waals surface area (Å²) in [6.45, 7) is 4.56. The second-order valence-corrected chi connectivity index (χ2v) is 5.28. The molecule has 2 rings (SSSR count). The van der Waals surface area contributed by atoms with Crippen molar-refractivity contribution in [1.82, 2.24) is 0 Å². The summed E-state index contributed by atoms with van der Waals surface area (Å²) < 4.78 is 0. The minimum atomic E-state index is -0.525. The number of anilines is 1. The van der Waals surface area contributed by atoms with Gasteiger partial charge in [0, 0.05) is 24.8 Å². The van der Waals surface area contributed by atoms with Gasteiger partial charge < -0.3 is 10.6 Å². The van der Waals surface area contributed by atoms with E-state index in [1.165, 1.54) is 6.07 Å². The van der Waals surface area contributed by atoms with Crippen LogP contribution in [0.5, 0.6) is 0 Å². The Bertz CT molecular complexity index is 553. The van der Waals surface area contributed by atoms with Crippen LogP contribution in [0.25, 0.3) is 0 Å². The summed E-state index contributed by atoms with van der Waals surface area (Å²) in [5.74, 6) is 1.01. The number of hydrogen-bond donors (Lipinski definition) is 1. The van der Waals surface area contributed by atoms with Crippen molar-refractivity contribution in [1.29, 1.82) is 5.26 Å². The largest absolute Gasteiger partial charge is 0.371 e. The van der Waals surface area contributed by atoms with Gasteiger partial charge in [0.15, 0.2) is 0 Å². The molecule has 0 aromatic heterocycles. The number of benzene rings is 1. The summed E-state index contributed by atoms with van der Waals surface area (Å²) in [5.41, 5.74) is 6.61. The van der Waals surface area contributed by atoms with Crippen LogP contribution in [0.15, 0.2) is 18.2 Å². The van der Waals surface area contributed by atoms with Gasteiger partial charge >= 0.3 is 0 Å². The first-order valence-electron chi connectivity index (χ1n) is 6.70. The van der Waals surface area contributed by atoms with Crippen molar-refractivity contribution in [2.24, 2.45) is 17.6 Å². The summed E-state index contributed by atoms with van der Waals surface area (Å²) in [6.07, 6.45) is 1.04. The fraction of sp³-hybridized carbons (Fsp3) is 0.500. The van der Waals surface area contributed by atoms with Gasteiger partial charge in [-0.25, -0.2) is 0 Å². The molecule has 1 aliphatic rings. The third kappa shape index (κ3) is 2.73. The maximum absolute atomic E-state index is 10.8. The lowest BCUT2D eigenvalue weighted by atomic mass is 9.87. The molecule has 2 unspecified atom stereocenters. The highest BCUT2D eigenvalue weighted by Crippen LogP contribution is 2.29. The Morgan fingerprint density at radius 3 is 2.95 bits per heavy atom. The Labute approximate surface area is 117 Å². The van der Waals surface area contributed by atoms with Crippen LogP contribution in [0, 0.1) is 33.3 Å². The number of nitro benzene ring substituents is 1. The van der Waals surface area contributed by atoms with Crippen LogP contribution < -0.4 is 10.6 Å². The molecule has 0 saturated carbocycles. The Balaban J connectivity index is 2.26. The lowest BCUT2D eigenvalue weighted by molar-refractivity contribution is -0.385. The van der Waals surface area contributed by atoms with Crippen LogP contribution in [0.4, 0.5) is 11.4 Å². The number of nitro groups is 1. The Morgan fingerprint density at radius 2 is 2.35 bits per heavy atom. The lowest BCUT2D eigenvalue weighted by Gasteiger charge is -2.38. The highest BCUT2D eigenvalue weighted by Gasteiger charge is 2.26. The Kier molecular flexibility index (Phi) is 4.20. The van der Waals surface area contributed by atoms with Gasteiger partial charge in [0.1, 0.15) is 11.6 Å². The van der Waals surface area contributed by atoms with E-state index in [1.807, 2.05) is 6.07 Å². The van der Waals surface area contributed by atoms with Gasteiger partial charge in [-0.05, 0) is 36.9 Å². The minimum Gasteiger partial charge on any atom is -0.371 e. The summed E-state index contributed by atoms with van der Waals surface area (Å²) in [6, 6.07) is 6.61. The number of nitrogens with zero attached hydrogens (tertiary/aromatic N) is 3. The van der Waals surface area contributed by atoms with E-state index in [0.29, 0.717) is 18.4 Å². The molecule has 106 valence electrons. The highest BCUT2D eigenvalue weighted by atomic mass is 16.6. The lowest BCUT2D eigenvalue weighted by Crippen LogP contribution is -2.42. The molecule has 1 saturated heterocycles. The maximum Gasteiger partial charge on any atom is 0.287 e. The van der Waals surface area contributed by atoms with E-state index in [-0.39, 0.29) is 11.3 Å². The van der Waals surface area contributed by atoms with Crippen LogP contribution in [0.1, 0.15) is 18.9 Å². The Hall–Kier alpha value is -2.13. The molecule has 1 heterocycles. The smallest absolute Gasteiger partial charge is 0.287 e. The third-order valence-corrected chi connectivity index (χ3v) is 4.08. The van der Waals surface area contributed by atoms with Gasteiger partial charge in [0.2, 0.25) is 0 Å². The monoisotopic (exact) mass is 274 g/mol. The summed E-state index contributed by atoms with van der Waals surface area (Å²) >= 11 is 0. The van der Waals surface area contributed by atoms with E-state index >= 15 is 0 Å². The summed E-state index contributed by atoms with van der Waals surface area (Å²) in [4.78, 5) is 12.5. The van der Waals surface area contributed by atoms with Crippen molar-refractivity contribution in [3.63, 3.8) is 0 Å².